The van der Waals surface area contributed by atoms with Gasteiger partial charge in [0.1, 0.15) is 0 Å². The first-order valence-electron chi connectivity index (χ1n) is 10.1. The van der Waals surface area contributed by atoms with Gasteiger partial charge >= 0.3 is 5.97 Å². The first kappa shape index (κ1) is 21.5. The predicted octanol–water partition coefficient (Wildman–Crippen LogP) is 3.36. The number of hydrogen-bond donors (Lipinski definition) is 1. The molecule has 0 aliphatic rings. The summed E-state index contributed by atoms with van der Waals surface area (Å²) >= 11 is 0. The molecule has 0 radical (unpaired) electrons. The lowest BCUT2D eigenvalue weighted by Crippen LogP contribution is -2.18. The zero-order chi connectivity index (χ0) is 21.8. The van der Waals surface area contributed by atoms with Gasteiger partial charge < -0.3 is 9.30 Å². The van der Waals surface area contributed by atoms with Gasteiger partial charge in [-0.15, -0.1) is 0 Å². The molecule has 3 rings (SSSR count). The van der Waals surface area contributed by atoms with Crippen LogP contribution >= 0.6 is 0 Å². The van der Waals surface area contributed by atoms with E-state index in [0.717, 1.165) is 24.4 Å². The van der Waals surface area contributed by atoms with Crippen LogP contribution in [0.1, 0.15) is 47.7 Å². The van der Waals surface area contributed by atoms with Gasteiger partial charge in [0, 0.05) is 28.9 Å². The molecule has 0 atom stereocenters. The van der Waals surface area contributed by atoms with Crippen LogP contribution in [0.3, 0.4) is 0 Å². The van der Waals surface area contributed by atoms with Crippen LogP contribution in [0.15, 0.2) is 35.1 Å². The van der Waals surface area contributed by atoms with Crippen molar-refractivity contribution in [3.05, 3.63) is 63.3 Å². The molecule has 0 aliphatic heterocycles. The molecule has 0 aliphatic carbocycles. The maximum atomic E-state index is 12.6. The molecule has 0 spiro atoms. The number of aryl methyl sites for hydroxylation is 1. The van der Waals surface area contributed by atoms with E-state index in [2.05, 4.69) is 28.6 Å². The molecule has 0 saturated heterocycles. The van der Waals surface area contributed by atoms with Crippen LogP contribution in [0.4, 0.5) is 0 Å². The molecule has 0 saturated carbocycles. The molecule has 2 heterocycles. The first-order chi connectivity index (χ1) is 14.3. The highest BCUT2D eigenvalue weighted by Crippen LogP contribution is 2.18. The number of carbonyl (C=O) groups excluding carboxylic acids is 2. The highest BCUT2D eigenvalue weighted by Gasteiger charge is 2.18. The van der Waals surface area contributed by atoms with Crippen molar-refractivity contribution in [2.45, 2.75) is 47.1 Å². The number of hydrogen-bond acceptors (Lipinski definition) is 5. The second-order valence-electron chi connectivity index (χ2n) is 7.92. The standard InChI is InChI=1S/C23H27N3O4/c1-14(2)9-10-26-15(3)11-19(16(26)4)21(27)13-30-22(28)12-20-17-7-5-6-8-18(17)23(29)25-24-20/h5-8,11,14H,9-10,12-13H2,1-4H3,(H,25,29). The largest absolute Gasteiger partial charge is 0.457 e. The minimum absolute atomic E-state index is 0.127. The number of nitrogens with one attached hydrogen (secondary N) is 1. The maximum absolute atomic E-state index is 12.6. The van der Waals surface area contributed by atoms with Crippen LogP contribution < -0.4 is 5.56 Å². The second-order valence-corrected chi connectivity index (χ2v) is 7.92. The molecule has 2 aromatic heterocycles. The highest BCUT2D eigenvalue weighted by molar-refractivity contribution is 5.99. The van der Waals surface area contributed by atoms with Crippen molar-refractivity contribution in [1.82, 2.24) is 14.8 Å². The number of ketones is 1. The van der Waals surface area contributed by atoms with Crippen LogP contribution in [0.5, 0.6) is 0 Å². The van der Waals surface area contributed by atoms with Crippen LogP contribution in [-0.4, -0.2) is 33.1 Å². The summed E-state index contributed by atoms with van der Waals surface area (Å²) < 4.78 is 7.34. The molecule has 7 nitrogen and oxygen atoms in total. The molecule has 158 valence electrons. The van der Waals surface area contributed by atoms with Crippen molar-refractivity contribution in [2.24, 2.45) is 5.92 Å². The number of aromatic amines is 1. The summed E-state index contributed by atoms with van der Waals surface area (Å²) in [7, 11) is 0. The summed E-state index contributed by atoms with van der Waals surface area (Å²) in [6, 6.07) is 8.77. The van der Waals surface area contributed by atoms with Gasteiger partial charge in [-0.25, -0.2) is 5.10 Å². The number of Topliss-reactive ketones (excluding diaryl/α,β-unsaturated/α-hetero) is 1. The van der Waals surface area contributed by atoms with E-state index in [1.807, 2.05) is 19.9 Å². The Kier molecular flexibility index (Phi) is 6.50. The Labute approximate surface area is 175 Å². The molecule has 1 aromatic carbocycles. The van der Waals surface area contributed by atoms with E-state index in [1.54, 1.807) is 24.3 Å². The molecular weight excluding hydrogens is 382 g/mol. The summed E-state index contributed by atoms with van der Waals surface area (Å²) in [6.45, 7) is 8.75. The number of aromatic nitrogens is 3. The second kappa shape index (κ2) is 9.07. The number of fused-ring (bicyclic) bond motifs is 1. The molecule has 3 aromatic rings. The van der Waals surface area contributed by atoms with Gasteiger partial charge in [0.2, 0.25) is 5.78 Å². The normalized spacial score (nSPS) is 11.2. The smallest absolute Gasteiger partial charge is 0.312 e. The third-order valence-electron chi connectivity index (χ3n) is 5.26. The molecule has 1 N–H and O–H groups in total. The summed E-state index contributed by atoms with van der Waals surface area (Å²) in [4.78, 5) is 36.8. The average Bonchev–Trinajstić information content (AvgIpc) is 3.00. The molecule has 7 heteroatoms. The number of ether oxygens (including phenoxy) is 1. The lowest BCUT2D eigenvalue weighted by molar-refractivity contribution is -0.141. The van der Waals surface area contributed by atoms with Crippen molar-refractivity contribution >= 4 is 22.5 Å². The van der Waals surface area contributed by atoms with Crippen LogP contribution in [0.2, 0.25) is 0 Å². The van der Waals surface area contributed by atoms with E-state index in [4.69, 9.17) is 4.74 Å². The van der Waals surface area contributed by atoms with Crippen molar-refractivity contribution in [1.29, 1.82) is 0 Å². The van der Waals surface area contributed by atoms with Crippen LogP contribution in [-0.2, 0) is 22.5 Å². The Balaban J connectivity index is 1.66. The molecule has 0 unspecified atom stereocenters. The molecule has 0 amide bonds. The zero-order valence-electron chi connectivity index (χ0n) is 17.8. The maximum Gasteiger partial charge on any atom is 0.312 e. The van der Waals surface area contributed by atoms with Gasteiger partial charge in [-0.3, -0.25) is 14.4 Å². The Morgan fingerprint density at radius 3 is 2.57 bits per heavy atom. The van der Waals surface area contributed by atoms with E-state index in [-0.39, 0.29) is 24.4 Å². The Morgan fingerprint density at radius 1 is 1.17 bits per heavy atom. The molecule has 0 fully saturated rings. The van der Waals surface area contributed by atoms with Gasteiger partial charge in [0.15, 0.2) is 6.61 Å². The van der Waals surface area contributed by atoms with Gasteiger partial charge in [0.05, 0.1) is 17.5 Å². The van der Waals surface area contributed by atoms with Gasteiger partial charge in [0.25, 0.3) is 5.56 Å². The summed E-state index contributed by atoms with van der Waals surface area (Å²) in [5.41, 5.74) is 2.59. The van der Waals surface area contributed by atoms with Gasteiger partial charge in [-0.2, -0.15) is 5.10 Å². The minimum Gasteiger partial charge on any atom is -0.457 e. The zero-order valence-corrected chi connectivity index (χ0v) is 17.8. The topological polar surface area (TPSA) is 94.1 Å². The fourth-order valence-corrected chi connectivity index (χ4v) is 3.53. The number of carbonyl (C=O) groups is 2. The summed E-state index contributed by atoms with van der Waals surface area (Å²) in [6.07, 6.45) is 0.900. The van der Waals surface area contributed by atoms with E-state index in [0.29, 0.717) is 27.9 Å². The van der Waals surface area contributed by atoms with Gasteiger partial charge in [-0.05, 0) is 38.3 Å². The van der Waals surface area contributed by atoms with Gasteiger partial charge in [-0.1, -0.05) is 32.0 Å². The Morgan fingerprint density at radius 2 is 1.87 bits per heavy atom. The SMILES string of the molecule is Cc1cc(C(=O)COC(=O)Cc2n[nH]c(=O)c3ccccc23)c(C)n1CCC(C)C. The number of esters is 1. The summed E-state index contributed by atoms with van der Waals surface area (Å²) in [5, 5.41) is 7.42. The lowest BCUT2D eigenvalue weighted by atomic mass is 10.1. The van der Waals surface area contributed by atoms with E-state index >= 15 is 0 Å². The average molecular weight is 409 g/mol. The minimum atomic E-state index is -0.568. The van der Waals surface area contributed by atoms with Crippen molar-refractivity contribution < 1.29 is 14.3 Å². The fraction of sp³-hybridized carbons (Fsp3) is 0.391. The highest BCUT2D eigenvalue weighted by atomic mass is 16.5. The predicted molar refractivity (Wildman–Crippen MR) is 115 cm³/mol. The van der Waals surface area contributed by atoms with Crippen molar-refractivity contribution in [3.8, 4) is 0 Å². The van der Waals surface area contributed by atoms with E-state index in [1.165, 1.54) is 0 Å². The van der Waals surface area contributed by atoms with Crippen molar-refractivity contribution in [2.75, 3.05) is 6.61 Å². The Bertz CT molecular complexity index is 1140. The Hall–Kier alpha value is -3.22. The third kappa shape index (κ3) is 4.67. The number of benzene rings is 1. The number of H-pyrrole nitrogens is 1. The molecule has 30 heavy (non-hydrogen) atoms. The number of nitrogens with zero attached hydrogens (tertiary/aromatic N) is 2. The van der Waals surface area contributed by atoms with Crippen LogP contribution in [0, 0.1) is 19.8 Å². The molecule has 0 bridgehead atoms. The number of rotatable bonds is 8. The van der Waals surface area contributed by atoms with Crippen molar-refractivity contribution in [3.63, 3.8) is 0 Å². The van der Waals surface area contributed by atoms with E-state index < -0.39 is 5.97 Å². The van der Waals surface area contributed by atoms with Crippen LogP contribution in [0.25, 0.3) is 10.8 Å². The fourth-order valence-electron chi connectivity index (χ4n) is 3.53. The first-order valence-corrected chi connectivity index (χ1v) is 10.1. The molecular formula is C23H27N3O4. The third-order valence-corrected chi connectivity index (χ3v) is 5.26. The monoisotopic (exact) mass is 409 g/mol. The lowest BCUT2D eigenvalue weighted by Gasteiger charge is -2.11. The van der Waals surface area contributed by atoms with E-state index in [9.17, 15) is 14.4 Å². The quantitative estimate of drug-likeness (QED) is 0.455. The summed E-state index contributed by atoms with van der Waals surface area (Å²) in [5.74, 6) is -0.225.